The highest BCUT2D eigenvalue weighted by atomic mass is 32.2. The molecular weight excluding hydrogens is 296 g/mol. The monoisotopic (exact) mass is 322 g/mol. The third kappa shape index (κ3) is 6.38. The molecule has 122 valence electrons. The zero-order valence-electron chi connectivity index (χ0n) is 13.3. The Hall–Kier alpha value is -1.04. The Balaban J connectivity index is 1.56. The van der Waals surface area contributed by atoms with E-state index in [1.165, 1.54) is 5.56 Å². The second kappa shape index (κ2) is 9.87. The number of benzene rings is 1. The van der Waals surface area contributed by atoms with Crippen LogP contribution in [0.15, 0.2) is 30.3 Å². The van der Waals surface area contributed by atoms with E-state index in [0.29, 0.717) is 0 Å². The van der Waals surface area contributed by atoms with Crippen molar-refractivity contribution in [3.63, 3.8) is 0 Å². The van der Waals surface area contributed by atoms with Gasteiger partial charge in [0, 0.05) is 25.4 Å². The van der Waals surface area contributed by atoms with Crippen LogP contribution in [-0.4, -0.2) is 55.4 Å². The van der Waals surface area contributed by atoms with E-state index in [0.717, 1.165) is 51.6 Å². The van der Waals surface area contributed by atoms with Gasteiger partial charge in [-0.15, -0.1) is 11.8 Å². The first-order chi connectivity index (χ1) is 10.8. The lowest BCUT2D eigenvalue weighted by molar-refractivity contribution is -0.120. The fourth-order valence-corrected chi connectivity index (χ4v) is 3.22. The first kappa shape index (κ1) is 17.3. The average Bonchev–Trinajstić information content (AvgIpc) is 2.58. The summed E-state index contributed by atoms with van der Waals surface area (Å²) in [6, 6.07) is 10.3. The van der Waals surface area contributed by atoms with Crippen LogP contribution in [0.4, 0.5) is 0 Å². The molecular formula is C17H26N2O2S. The van der Waals surface area contributed by atoms with Gasteiger partial charge in [-0.25, -0.2) is 0 Å². The van der Waals surface area contributed by atoms with Crippen molar-refractivity contribution in [1.29, 1.82) is 0 Å². The molecule has 1 saturated heterocycles. The van der Waals surface area contributed by atoms with Gasteiger partial charge < -0.3 is 10.1 Å². The van der Waals surface area contributed by atoms with E-state index in [1.54, 1.807) is 11.8 Å². The van der Waals surface area contributed by atoms with Gasteiger partial charge in [0.1, 0.15) is 0 Å². The molecule has 0 aliphatic carbocycles. The van der Waals surface area contributed by atoms with Crippen molar-refractivity contribution < 1.29 is 9.53 Å². The maximum atomic E-state index is 12.0. The Labute approximate surface area is 137 Å². The lowest BCUT2D eigenvalue weighted by Crippen LogP contribution is -2.38. The molecule has 1 aromatic carbocycles. The van der Waals surface area contributed by atoms with E-state index in [-0.39, 0.29) is 11.2 Å². The normalized spacial score (nSPS) is 17.1. The molecule has 1 aromatic rings. The number of carbonyl (C=O) groups is 1. The topological polar surface area (TPSA) is 41.6 Å². The Morgan fingerprint density at radius 1 is 1.32 bits per heavy atom. The predicted octanol–water partition coefficient (Wildman–Crippen LogP) is 2.15. The number of thioether (sulfide) groups is 1. The fraction of sp³-hybridized carbons (Fsp3) is 0.588. The molecule has 0 spiro atoms. The van der Waals surface area contributed by atoms with Crippen molar-refractivity contribution in [2.75, 3.05) is 39.4 Å². The van der Waals surface area contributed by atoms with Crippen LogP contribution in [0, 0.1) is 0 Å². The Morgan fingerprint density at radius 3 is 2.77 bits per heavy atom. The molecule has 0 bridgehead atoms. The number of morpholine rings is 1. The molecule has 2 rings (SSSR count). The number of nitrogens with zero attached hydrogens (tertiary/aromatic N) is 1. The lowest BCUT2D eigenvalue weighted by atomic mass is 10.2. The van der Waals surface area contributed by atoms with Crippen molar-refractivity contribution in [3.05, 3.63) is 35.9 Å². The van der Waals surface area contributed by atoms with Gasteiger partial charge in [0.2, 0.25) is 5.91 Å². The molecule has 0 aromatic heterocycles. The summed E-state index contributed by atoms with van der Waals surface area (Å²) in [6.07, 6.45) is 1.00. The first-order valence-electron chi connectivity index (χ1n) is 7.99. The molecule has 1 heterocycles. The molecule has 1 N–H and O–H groups in total. The van der Waals surface area contributed by atoms with Crippen LogP contribution in [0.3, 0.4) is 0 Å². The third-order valence-electron chi connectivity index (χ3n) is 3.77. The molecule has 4 nitrogen and oxygen atoms in total. The van der Waals surface area contributed by atoms with Crippen LogP contribution < -0.4 is 5.32 Å². The number of nitrogens with one attached hydrogen (secondary N) is 1. The van der Waals surface area contributed by atoms with Crippen LogP contribution in [0.1, 0.15) is 18.9 Å². The summed E-state index contributed by atoms with van der Waals surface area (Å²) in [5.74, 6) is 1.02. The van der Waals surface area contributed by atoms with Crippen LogP contribution in [0.2, 0.25) is 0 Å². The molecule has 1 aliphatic rings. The Morgan fingerprint density at radius 2 is 2.05 bits per heavy atom. The Kier molecular flexibility index (Phi) is 7.77. The van der Waals surface area contributed by atoms with E-state index < -0.39 is 0 Å². The minimum atomic E-state index is -0.0106. The SMILES string of the molecule is C[C@@H](SCc1ccccc1)C(=O)NCCCN1CCOCC1. The van der Waals surface area contributed by atoms with Crippen molar-refractivity contribution in [2.45, 2.75) is 24.3 Å². The highest BCUT2D eigenvalue weighted by Gasteiger charge is 2.13. The van der Waals surface area contributed by atoms with Gasteiger partial charge in [0.15, 0.2) is 0 Å². The second-order valence-corrected chi connectivity index (χ2v) is 6.87. The zero-order valence-corrected chi connectivity index (χ0v) is 14.1. The summed E-state index contributed by atoms with van der Waals surface area (Å²) in [6.45, 7) is 7.46. The van der Waals surface area contributed by atoms with Gasteiger partial charge in [-0.2, -0.15) is 0 Å². The van der Waals surface area contributed by atoms with Crippen LogP contribution in [0.25, 0.3) is 0 Å². The number of hydrogen-bond acceptors (Lipinski definition) is 4. The fourth-order valence-electron chi connectivity index (χ4n) is 2.35. The maximum absolute atomic E-state index is 12.0. The molecule has 1 aliphatic heterocycles. The van der Waals surface area contributed by atoms with Gasteiger partial charge >= 0.3 is 0 Å². The van der Waals surface area contributed by atoms with E-state index >= 15 is 0 Å². The molecule has 0 radical (unpaired) electrons. The quantitative estimate of drug-likeness (QED) is 0.745. The van der Waals surface area contributed by atoms with E-state index in [4.69, 9.17) is 4.74 Å². The van der Waals surface area contributed by atoms with Gasteiger partial charge in [0.25, 0.3) is 0 Å². The third-order valence-corrected chi connectivity index (χ3v) is 4.98. The van der Waals surface area contributed by atoms with Gasteiger partial charge in [-0.1, -0.05) is 30.3 Å². The molecule has 0 saturated carbocycles. The standard InChI is InChI=1S/C17H26N2O2S/c1-15(22-14-16-6-3-2-4-7-16)17(20)18-8-5-9-19-10-12-21-13-11-19/h2-4,6-7,15H,5,8-14H2,1H3,(H,18,20)/t15-/m1/s1. The highest BCUT2D eigenvalue weighted by molar-refractivity contribution is 7.99. The number of hydrogen-bond donors (Lipinski definition) is 1. The Bertz CT molecular complexity index is 436. The van der Waals surface area contributed by atoms with Crippen LogP contribution >= 0.6 is 11.8 Å². The summed E-state index contributed by atoms with van der Waals surface area (Å²) in [4.78, 5) is 14.4. The zero-order chi connectivity index (χ0) is 15.6. The molecule has 5 heteroatoms. The molecule has 22 heavy (non-hydrogen) atoms. The number of ether oxygens (including phenoxy) is 1. The number of rotatable bonds is 8. The van der Waals surface area contributed by atoms with E-state index in [1.807, 2.05) is 25.1 Å². The summed E-state index contributed by atoms with van der Waals surface area (Å²) < 4.78 is 5.32. The second-order valence-electron chi connectivity index (χ2n) is 5.54. The smallest absolute Gasteiger partial charge is 0.232 e. The average molecular weight is 322 g/mol. The largest absolute Gasteiger partial charge is 0.379 e. The first-order valence-corrected chi connectivity index (χ1v) is 9.04. The van der Waals surface area contributed by atoms with Crippen molar-refractivity contribution >= 4 is 17.7 Å². The van der Waals surface area contributed by atoms with Crippen LogP contribution in [-0.2, 0) is 15.3 Å². The summed E-state index contributed by atoms with van der Waals surface area (Å²) in [5.41, 5.74) is 1.26. The number of carbonyl (C=O) groups excluding carboxylic acids is 1. The van der Waals surface area contributed by atoms with Crippen molar-refractivity contribution in [3.8, 4) is 0 Å². The molecule has 1 atom stereocenters. The van der Waals surface area contributed by atoms with Gasteiger partial charge in [0.05, 0.1) is 18.5 Å². The van der Waals surface area contributed by atoms with Gasteiger partial charge in [-0.05, 0) is 25.5 Å². The summed E-state index contributed by atoms with van der Waals surface area (Å²) >= 11 is 1.68. The minimum Gasteiger partial charge on any atom is -0.379 e. The minimum absolute atomic E-state index is 0.0106. The van der Waals surface area contributed by atoms with Crippen molar-refractivity contribution in [1.82, 2.24) is 10.2 Å². The van der Waals surface area contributed by atoms with Crippen LogP contribution in [0.5, 0.6) is 0 Å². The van der Waals surface area contributed by atoms with Gasteiger partial charge in [-0.3, -0.25) is 9.69 Å². The van der Waals surface area contributed by atoms with E-state index in [2.05, 4.69) is 22.3 Å². The lowest BCUT2D eigenvalue weighted by Gasteiger charge is -2.26. The molecule has 0 unspecified atom stereocenters. The summed E-state index contributed by atoms with van der Waals surface area (Å²) in [5, 5.41) is 3.03. The molecule has 1 fully saturated rings. The van der Waals surface area contributed by atoms with Crippen molar-refractivity contribution in [2.24, 2.45) is 0 Å². The number of amides is 1. The maximum Gasteiger partial charge on any atom is 0.232 e. The van der Waals surface area contributed by atoms with E-state index in [9.17, 15) is 4.79 Å². The summed E-state index contributed by atoms with van der Waals surface area (Å²) in [7, 11) is 0. The predicted molar refractivity (Wildman–Crippen MR) is 92.1 cm³/mol. The highest BCUT2D eigenvalue weighted by Crippen LogP contribution is 2.17. The molecule has 1 amide bonds.